The normalized spacial score (nSPS) is 15.6. The molecule has 1 saturated heterocycles. The molecule has 1 aromatic carbocycles. The highest BCUT2D eigenvalue weighted by Crippen LogP contribution is 2.37. The SMILES string of the molecule is CC(F)(F)c1cc(CC2(C#N)CCN(C(=O)c3cccnc3-c3ccncc3)CC2)ccc1F. The molecule has 0 aliphatic carbocycles. The van der Waals surface area contributed by atoms with Crippen LogP contribution in [-0.4, -0.2) is 33.9 Å². The predicted octanol–water partition coefficient (Wildman–Crippen LogP) is 5.38. The van der Waals surface area contributed by atoms with Crippen LogP contribution in [0.3, 0.4) is 0 Å². The lowest BCUT2D eigenvalue weighted by molar-refractivity contribution is 0.0136. The van der Waals surface area contributed by atoms with E-state index < -0.39 is 22.7 Å². The van der Waals surface area contributed by atoms with Gasteiger partial charge in [-0.25, -0.2) is 13.2 Å². The topological polar surface area (TPSA) is 69.9 Å². The molecule has 174 valence electrons. The number of hydrogen-bond donors (Lipinski definition) is 0. The molecule has 34 heavy (non-hydrogen) atoms. The zero-order valence-electron chi connectivity index (χ0n) is 18.6. The van der Waals surface area contributed by atoms with E-state index in [9.17, 15) is 23.2 Å². The van der Waals surface area contributed by atoms with Gasteiger partial charge in [0.05, 0.1) is 28.3 Å². The number of halogens is 3. The molecular formula is C26H23F3N4O. The maximum absolute atomic E-state index is 13.9. The smallest absolute Gasteiger partial charge is 0.273 e. The van der Waals surface area contributed by atoms with Gasteiger partial charge in [-0.3, -0.25) is 14.8 Å². The molecule has 1 aliphatic heterocycles. The molecule has 1 aliphatic rings. The van der Waals surface area contributed by atoms with E-state index in [1.807, 2.05) is 0 Å². The number of likely N-dealkylation sites (tertiary alicyclic amines) is 1. The molecule has 3 heterocycles. The number of rotatable bonds is 5. The molecule has 1 amide bonds. The van der Waals surface area contributed by atoms with Crippen LogP contribution in [0.1, 0.15) is 41.3 Å². The number of benzene rings is 1. The molecule has 0 unspecified atom stereocenters. The van der Waals surface area contributed by atoms with Crippen LogP contribution in [0.25, 0.3) is 11.3 Å². The minimum atomic E-state index is -3.31. The predicted molar refractivity (Wildman–Crippen MR) is 120 cm³/mol. The quantitative estimate of drug-likeness (QED) is 0.508. The number of nitriles is 1. The van der Waals surface area contributed by atoms with E-state index in [0.717, 1.165) is 17.7 Å². The summed E-state index contributed by atoms with van der Waals surface area (Å²) < 4.78 is 41.4. The minimum absolute atomic E-state index is 0.179. The molecule has 0 bridgehead atoms. The van der Waals surface area contributed by atoms with Crippen molar-refractivity contribution in [1.29, 1.82) is 5.26 Å². The van der Waals surface area contributed by atoms with Gasteiger partial charge in [0.15, 0.2) is 0 Å². The summed E-state index contributed by atoms with van der Waals surface area (Å²) in [6.07, 6.45) is 5.88. The molecule has 4 rings (SSSR count). The Hall–Kier alpha value is -3.73. The summed E-state index contributed by atoms with van der Waals surface area (Å²) in [6, 6.07) is 12.9. The number of carbonyl (C=O) groups is 1. The lowest BCUT2D eigenvalue weighted by atomic mass is 9.74. The van der Waals surface area contributed by atoms with Crippen molar-refractivity contribution in [3.05, 3.63) is 83.6 Å². The summed E-state index contributed by atoms with van der Waals surface area (Å²) in [4.78, 5) is 23.4. The van der Waals surface area contributed by atoms with Crippen LogP contribution in [0.15, 0.2) is 61.1 Å². The molecule has 1 fully saturated rings. The van der Waals surface area contributed by atoms with E-state index >= 15 is 0 Å². The van der Waals surface area contributed by atoms with Gasteiger partial charge in [0.2, 0.25) is 0 Å². The Morgan fingerprint density at radius 1 is 1.15 bits per heavy atom. The van der Waals surface area contributed by atoms with Crippen LogP contribution in [0.4, 0.5) is 13.2 Å². The number of pyridine rings is 2. The minimum Gasteiger partial charge on any atom is -0.338 e. The third-order valence-electron chi connectivity index (χ3n) is 6.28. The summed E-state index contributed by atoms with van der Waals surface area (Å²) in [5.74, 6) is -4.46. The Morgan fingerprint density at radius 3 is 2.50 bits per heavy atom. The zero-order valence-corrected chi connectivity index (χ0v) is 18.6. The highest BCUT2D eigenvalue weighted by Gasteiger charge is 2.38. The second-order valence-electron chi connectivity index (χ2n) is 8.70. The molecule has 2 aromatic heterocycles. The van der Waals surface area contributed by atoms with Crippen molar-refractivity contribution < 1.29 is 18.0 Å². The number of amides is 1. The van der Waals surface area contributed by atoms with Crippen molar-refractivity contribution in [3.63, 3.8) is 0 Å². The summed E-state index contributed by atoms with van der Waals surface area (Å²) >= 11 is 0. The number of nitrogens with zero attached hydrogens (tertiary/aromatic N) is 4. The largest absolute Gasteiger partial charge is 0.338 e. The van der Waals surface area contributed by atoms with Crippen LogP contribution in [-0.2, 0) is 12.3 Å². The molecule has 0 saturated carbocycles. The molecule has 8 heteroatoms. The van der Waals surface area contributed by atoms with Gasteiger partial charge in [0.1, 0.15) is 5.82 Å². The van der Waals surface area contributed by atoms with Crippen LogP contribution in [0, 0.1) is 22.6 Å². The monoisotopic (exact) mass is 464 g/mol. The molecule has 3 aromatic rings. The molecule has 0 radical (unpaired) electrons. The first-order valence-electron chi connectivity index (χ1n) is 11.0. The molecular weight excluding hydrogens is 441 g/mol. The Labute approximate surface area is 195 Å². The van der Waals surface area contributed by atoms with Crippen molar-refractivity contribution in [2.75, 3.05) is 13.1 Å². The van der Waals surface area contributed by atoms with E-state index in [-0.39, 0.29) is 12.3 Å². The van der Waals surface area contributed by atoms with Gasteiger partial charge in [-0.1, -0.05) is 6.07 Å². The fourth-order valence-electron chi connectivity index (χ4n) is 4.36. The number of piperidine rings is 1. The molecule has 5 nitrogen and oxygen atoms in total. The number of alkyl halides is 2. The molecule has 0 atom stereocenters. The molecule has 0 N–H and O–H groups in total. The van der Waals surface area contributed by atoms with Crippen molar-refractivity contribution in [2.45, 2.75) is 32.1 Å². The Kier molecular flexibility index (Phi) is 6.38. The molecule has 0 spiro atoms. The van der Waals surface area contributed by atoms with Crippen molar-refractivity contribution in [2.24, 2.45) is 5.41 Å². The first kappa shape index (κ1) is 23.4. The van der Waals surface area contributed by atoms with Gasteiger partial charge < -0.3 is 4.90 Å². The lowest BCUT2D eigenvalue weighted by Gasteiger charge is -2.37. The highest BCUT2D eigenvalue weighted by atomic mass is 19.3. The highest BCUT2D eigenvalue weighted by molar-refractivity contribution is 5.99. The van der Waals surface area contributed by atoms with Crippen LogP contribution in [0.2, 0.25) is 0 Å². The van der Waals surface area contributed by atoms with Gasteiger partial charge in [-0.15, -0.1) is 0 Å². The van der Waals surface area contributed by atoms with Crippen molar-refractivity contribution in [1.82, 2.24) is 14.9 Å². The second-order valence-corrected chi connectivity index (χ2v) is 8.70. The second kappa shape index (κ2) is 9.26. The third-order valence-corrected chi connectivity index (χ3v) is 6.28. The van der Waals surface area contributed by atoms with E-state index in [1.54, 1.807) is 47.8 Å². The fourth-order valence-corrected chi connectivity index (χ4v) is 4.36. The Balaban J connectivity index is 1.51. The van der Waals surface area contributed by atoms with Gasteiger partial charge in [-0.05, 0) is 61.2 Å². The van der Waals surface area contributed by atoms with Crippen LogP contribution >= 0.6 is 0 Å². The van der Waals surface area contributed by atoms with E-state index in [4.69, 9.17) is 0 Å². The summed E-state index contributed by atoms with van der Waals surface area (Å²) in [5.41, 5.74) is 0.787. The van der Waals surface area contributed by atoms with Crippen LogP contribution < -0.4 is 0 Å². The summed E-state index contributed by atoms with van der Waals surface area (Å²) in [6.45, 7) is 1.34. The van der Waals surface area contributed by atoms with E-state index in [1.165, 1.54) is 6.07 Å². The first-order valence-corrected chi connectivity index (χ1v) is 11.0. The van der Waals surface area contributed by atoms with Crippen molar-refractivity contribution >= 4 is 5.91 Å². The average molecular weight is 464 g/mol. The number of carbonyl (C=O) groups excluding carboxylic acids is 1. The van der Waals surface area contributed by atoms with Crippen molar-refractivity contribution in [3.8, 4) is 17.3 Å². The van der Waals surface area contributed by atoms with Gasteiger partial charge in [-0.2, -0.15) is 5.26 Å². The maximum Gasteiger partial charge on any atom is 0.273 e. The standard InChI is InChI=1S/C26H23F3N4O/c1-25(28,29)21-15-18(4-5-22(21)27)16-26(17-30)8-13-33(14-9-26)24(34)20-3-2-10-32-23(20)19-6-11-31-12-7-19/h2-7,10-12,15H,8-9,13-14,16H2,1H3. The van der Waals surface area contributed by atoms with E-state index in [0.29, 0.717) is 49.7 Å². The third kappa shape index (κ3) is 4.79. The first-order chi connectivity index (χ1) is 16.2. The summed E-state index contributed by atoms with van der Waals surface area (Å²) in [7, 11) is 0. The number of hydrogen-bond acceptors (Lipinski definition) is 4. The fraction of sp³-hybridized carbons (Fsp3) is 0.308. The summed E-state index contributed by atoms with van der Waals surface area (Å²) in [5, 5.41) is 9.93. The lowest BCUT2D eigenvalue weighted by Crippen LogP contribution is -2.43. The van der Waals surface area contributed by atoms with Gasteiger partial charge in [0, 0.05) is 44.2 Å². The number of aromatic nitrogens is 2. The maximum atomic E-state index is 13.9. The van der Waals surface area contributed by atoms with Gasteiger partial charge in [0.25, 0.3) is 11.8 Å². The van der Waals surface area contributed by atoms with E-state index in [2.05, 4.69) is 16.0 Å². The van der Waals surface area contributed by atoms with Crippen LogP contribution in [0.5, 0.6) is 0 Å². The Bertz CT molecular complexity index is 1230. The zero-order chi connectivity index (χ0) is 24.3. The Morgan fingerprint density at radius 2 is 1.85 bits per heavy atom. The van der Waals surface area contributed by atoms with Gasteiger partial charge >= 0.3 is 0 Å². The average Bonchev–Trinajstić information content (AvgIpc) is 2.85.